The number of carboxylic acids is 1. The Morgan fingerprint density at radius 3 is 2.54 bits per heavy atom. The number of nitrogens with zero attached hydrogens (tertiary/aromatic N) is 1. The van der Waals surface area contributed by atoms with Crippen LogP contribution in [-0.2, 0) is 19.0 Å². The van der Waals surface area contributed by atoms with Crippen molar-refractivity contribution in [2.75, 3.05) is 6.54 Å². The molecule has 9 heteroatoms. The van der Waals surface area contributed by atoms with Crippen molar-refractivity contribution in [3.05, 3.63) is 46.5 Å². The standard InChI is InChI=1S/C28H36BNO7/c1-17(14-19-8-10-20(31)11-9-19)7-12-23-25-18(2)15-21-26(22(25)16-29(36)37-23)28(35)30(27(21)34)13-5-3-4-6-24(32)33/h8-11,14,21-23,26,31,36H,3-7,12-13,15-16H2,1-2H3,(H,32,33)/b17-14+/t21-,22+,23-,26-/m1/s1. The molecular formula is C28H36BNO7. The second-order valence-corrected chi connectivity index (χ2v) is 10.6. The highest BCUT2D eigenvalue weighted by atomic mass is 16.5. The maximum absolute atomic E-state index is 13.4. The summed E-state index contributed by atoms with van der Waals surface area (Å²) in [7, 11) is -0.986. The molecule has 4 atom stereocenters. The van der Waals surface area contributed by atoms with Crippen LogP contribution in [0, 0.1) is 17.8 Å². The van der Waals surface area contributed by atoms with Crippen LogP contribution in [0.2, 0.25) is 6.32 Å². The fourth-order valence-corrected chi connectivity index (χ4v) is 6.21. The van der Waals surface area contributed by atoms with Crippen molar-refractivity contribution in [1.82, 2.24) is 4.90 Å². The van der Waals surface area contributed by atoms with Gasteiger partial charge in [0.2, 0.25) is 11.8 Å². The van der Waals surface area contributed by atoms with Crippen molar-refractivity contribution in [3.63, 3.8) is 0 Å². The highest BCUT2D eigenvalue weighted by Gasteiger charge is 2.56. The van der Waals surface area contributed by atoms with E-state index in [1.54, 1.807) is 12.1 Å². The SMILES string of the molecule is CC1=C2[C@@H](CC/C(C)=C/c3ccc(O)cc3)OB(O)C[C@@H]2[C@@H]2C(=O)N(CCCCCC(=O)O)C(=O)[C@@H]2C1. The van der Waals surface area contributed by atoms with Gasteiger partial charge in [-0.3, -0.25) is 19.3 Å². The topological polar surface area (TPSA) is 124 Å². The van der Waals surface area contributed by atoms with Gasteiger partial charge in [0.05, 0.1) is 17.9 Å². The van der Waals surface area contributed by atoms with E-state index in [0.717, 1.165) is 28.7 Å². The van der Waals surface area contributed by atoms with Gasteiger partial charge in [-0.2, -0.15) is 0 Å². The molecule has 2 heterocycles. The van der Waals surface area contributed by atoms with Crippen molar-refractivity contribution in [1.29, 1.82) is 0 Å². The number of unbranched alkanes of at least 4 members (excludes halogenated alkanes) is 2. The zero-order chi connectivity index (χ0) is 26.7. The van der Waals surface area contributed by atoms with Crippen molar-refractivity contribution < 1.29 is 34.3 Å². The lowest BCUT2D eigenvalue weighted by Gasteiger charge is -2.42. The Bertz CT molecular complexity index is 1100. The molecule has 0 spiro atoms. The number of fused-ring (bicyclic) bond motifs is 3. The van der Waals surface area contributed by atoms with Gasteiger partial charge in [-0.25, -0.2) is 0 Å². The lowest BCUT2D eigenvalue weighted by atomic mass is 9.59. The fraction of sp³-hybridized carbons (Fsp3) is 0.536. The molecule has 37 heavy (non-hydrogen) atoms. The van der Waals surface area contributed by atoms with E-state index in [2.05, 4.69) is 6.08 Å². The average Bonchev–Trinajstić information content (AvgIpc) is 3.07. The van der Waals surface area contributed by atoms with Crippen LogP contribution in [-0.4, -0.2) is 57.7 Å². The fourth-order valence-electron chi connectivity index (χ4n) is 6.21. The summed E-state index contributed by atoms with van der Waals surface area (Å²) >= 11 is 0. The lowest BCUT2D eigenvalue weighted by molar-refractivity contribution is -0.141. The van der Waals surface area contributed by atoms with Crippen molar-refractivity contribution in [2.45, 2.75) is 71.2 Å². The Morgan fingerprint density at radius 2 is 1.84 bits per heavy atom. The molecule has 2 amide bonds. The summed E-state index contributed by atoms with van der Waals surface area (Å²) < 4.78 is 5.97. The molecule has 8 nitrogen and oxygen atoms in total. The first-order chi connectivity index (χ1) is 17.7. The highest BCUT2D eigenvalue weighted by Crippen LogP contribution is 2.50. The molecule has 2 saturated heterocycles. The number of amides is 2. The van der Waals surface area contributed by atoms with E-state index in [9.17, 15) is 24.5 Å². The first-order valence-corrected chi connectivity index (χ1v) is 13.2. The van der Waals surface area contributed by atoms with Crippen molar-refractivity contribution >= 4 is 31.0 Å². The molecular weight excluding hydrogens is 473 g/mol. The van der Waals surface area contributed by atoms with E-state index in [-0.39, 0.29) is 36.0 Å². The number of phenols is 1. The van der Waals surface area contributed by atoms with Crippen LogP contribution in [0.4, 0.5) is 0 Å². The normalized spacial score (nSPS) is 26.0. The number of carbonyl (C=O) groups is 3. The Kier molecular flexibility index (Phi) is 8.54. The van der Waals surface area contributed by atoms with Crippen LogP contribution in [0.15, 0.2) is 41.0 Å². The number of carboxylic acid groups (broad SMARTS) is 1. The van der Waals surface area contributed by atoms with Crippen LogP contribution >= 0.6 is 0 Å². The number of imide groups is 1. The zero-order valence-electron chi connectivity index (χ0n) is 21.6. The van der Waals surface area contributed by atoms with E-state index in [0.29, 0.717) is 45.0 Å². The number of aromatic hydroxyl groups is 1. The van der Waals surface area contributed by atoms with Crippen molar-refractivity contribution in [2.24, 2.45) is 17.8 Å². The number of rotatable bonds is 10. The molecule has 1 aromatic rings. The van der Waals surface area contributed by atoms with Crippen LogP contribution < -0.4 is 0 Å². The van der Waals surface area contributed by atoms with E-state index in [1.807, 2.05) is 26.0 Å². The van der Waals surface area contributed by atoms with Gasteiger partial charge in [-0.05, 0) is 81.5 Å². The first kappa shape index (κ1) is 27.1. The molecule has 1 aliphatic carbocycles. The maximum Gasteiger partial charge on any atom is 0.455 e. The third-order valence-electron chi connectivity index (χ3n) is 7.92. The average molecular weight is 509 g/mol. The number of aliphatic carboxylic acids is 1. The summed E-state index contributed by atoms with van der Waals surface area (Å²) in [6.45, 7) is 4.36. The molecule has 3 aliphatic rings. The zero-order valence-corrected chi connectivity index (χ0v) is 21.6. The molecule has 0 saturated carbocycles. The van der Waals surface area contributed by atoms with E-state index in [4.69, 9.17) is 9.76 Å². The Labute approximate surface area is 218 Å². The molecule has 2 aliphatic heterocycles. The van der Waals surface area contributed by atoms with E-state index < -0.39 is 24.9 Å². The number of hydrogen-bond acceptors (Lipinski definition) is 6. The monoisotopic (exact) mass is 509 g/mol. The largest absolute Gasteiger partial charge is 0.508 e. The second kappa shape index (κ2) is 11.6. The highest BCUT2D eigenvalue weighted by molar-refractivity contribution is 6.43. The smallest absolute Gasteiger partial charge is 0.455 e. The molecule has 0 aromatic heterocycles. The summed E-state index contributed by atoms with van der Waals surface area (Å²) in [5.74, 6) is -2.02. The predicted octanol–water partition coefficient (Wildman–Crippen LogP) is 4.04. The van der Waals surface area contributed by atoms with Gasteiger partial charge in [-0.1, -0.05) is 35.8 Å². The van der Waals surface area contributed by atoms with Crippen molar-refractivity contribution in [3.8, 4) is 5.75 Å². The Balaban J connectivity index is 1.44. The molecule has 0 radical (unpaired) electrons. The first-order valence-electron chi connectivity index (χ1n) is 13.2. The molecule has 0 bridgehead atoms. The predicted molar refractivity (Wildman–Crippen MR) is 139 cm³/mol. The summed E-state index contributed by atoms with van der Waals surface area (Å²) in [6, 6.07) is 7.00. The van der Waals surface area contributed by atoms with Gasteiger partial charge in [0.1, 0.15) is 5.75 Å². The van der Waals surface area contributed by atoms with E-state index >= 15 is 0 Å². The second-order valence-electron chi connectivity index (χ2n) is 10.6. The van der Waals surface area contributed by atoms with Gasteiger partial charge in [0, 0.05) is 13.0 Å². The molecule has 1 aromatic carbocycles. The number of allylic oxidation sites excluding steroid dienone is 2. The van der Waals surface area contributed by atoms with Crippen LogP contribution in [0.5, 0.6) is 5.75 Å². The molecule has 0 unspecified atom stereocenters. The van der Waals surface area contributed by atoms with Gasteiger partial charge >= 0.3 is 13.1 Å². The quantitative estimate of drug-likeness (QED) is 0.188. The van der Waals surface area contributed by atoms with E-state index in [1.165, 1.54) is 4.90 Å². The Hall–Kier alpha value is -2.91. The van der Waals surface area contributed by atoms with Crippen LogP contribution in [0.25, 0.3) is 6.08 Å². The summed E-state index contributed by atoms with van der Waals surface area (Å²) in [4.78, 5) is 38.7. The number of hydrogen-bond donors (Lipinski definition) is 3. The maximum atomic E-state index is 13.4. The third kappa shape index (κ3) is 6.16. The summed E-state index contributed by atoms with van der Waals surface area (Å²) in [6.07, 6.45) is 5.83. The summed E-state index contributed by atoms with van der Waals surface area (Å²) in [5.41, 5.74) is 4.27. The molecule has 198 valence electrons. The van der Waals surface area contributed by atoms with Gasteiger partial charge in [0.25, 0.3) is 0 Å². The Morgan fingerprint density at radius 1 is 1.11 bits per heavy atom. The molecule has 3 N–H and O–H groups in total. The van der Waals surface area contributed by atoms with Gasteiger partial charge < -0.3 is 19.9 Å². The number of likely N-dealkylation sites (tertiary alicyclic amines) is 1. The molecule has 2 fully saturated rings. The van der Waals surface area contributed by atoms with Crippen LogP contribution in [0.3, 0.4) is 0 Å². The summed E-state index contributed by atoms with van der Waals surface area (Å²) in [5, 5.41) is 28.9. The minimum absolute atomic E-state index is 0.0879. The molecule has 4 rings (SSSR count). The minimum atomic E-state index is -0.986. The third-order valence-corrected chi connectivity index (χ3v) is 7.92. The lowest BCUT2D eigenvalue weighted by Crippen LogP contribution is -2.46. The van der Waals surface area contributed by atoms with Crippen LogP contribution in [0.1, 0.15) is 64.4 Å². The number of carbonyl (C=O) groups excluding carboxylic acids is 2. The van der Waals surface area contributed by atoms with Gasteiger partial charge in [-0.15, -0.1) is 0 Å². The number of benzene rings is 1. The minimum Gasteiger partial charge on any atom is -0.508 e. The number of phenolic OH excluding ortho intramolecular Hbond substituents is 1. The van der Waals surface area contributed by atoms with Gasteiger partial charge in [0.15, 0.2) is 0 Å².